The van der Waals surface area contributed by atoms with Gasteiger partial charge in [-0.3, -0.25) is 9.89 Å². The molecule has 0 unspecified atom stereocenters. The lowest BCUT2D eigenvalue weighted by molar-refractivity contribution is 0.169. The van der Waals surface area contributed by atoms with Crippen molar-refractivity contribution in [2.75, 3.05) is 52.2 Å². The number of nitrogens with zero attached hydrogens (tertiary/aromatic N) is 7. The molecule has 9 heteroatoms. The quantitative estimate of drug-likeness (QED) is 0.609. The van der Waals surface area contributed by atoms with Gasteiger partial charge < -0.3 is 24.2 Å². The van der Waals surface area contributed by atoms with Crippen molar-refractivity contribution < 1.29 is 4.52 Å². The SMILES string of the molecule is CN=C(NCc1cnc(N(C)C)n1C)N1CCN(Cc2cc(C)on2)CC1. The molecule has 0 amide bonds. The summed E-state index contributed by atoms with van der Waals surface area (Å²) in [6.07, 6.45) is 1.91. The molecule has 1 saturated heterocycles. The van der Waals surface area contributed by atoms with Crippen LogP contribution in [0.1, 0.15) is 17.1 Å². The van der Waals surface area contributed by atoms with Gasteiger partial charge in [0.1, 0.15) is 5.76 Å². The fourth-order valence-corrected chi connectivity index (χ4v) is 3.35. The van der Waals surface area contributed by atoms with Crippen molar-refractivity contribution in [3.8, 4) is 0 Å². The summed E-state index contributed by atoms with van der Waals surface area (Å²) < 4.78 is 7.25. The molecule has 0 spiro atoms. The number of aryl methyl sites for hydroxylation is 1. The summed E-state index contributed by atoms with van der Waals surface area (Å²) in [5.41, 5.74) is 2.12. The van der Waals surface area contributed by atoms with Gasteiger partial charge in [0.15, 0.2) is 5.96 Å². The molecule has 1 fully saturated rings. The number of guanidine groups is 1. The second-order valence-electron chi connectivity index (χ2n) is 7.10. The number of anilines is 1. The minimum atomic E-state index is 0.697. The van der Waals surface area contributed by atoms with Gasteiger partial charge >= 0.3 is 0 Å². The molecule has 1 aliphatic rings. The molecule has 2 aromatic heterocycles. The van der Waals surface area contributed by atoms with Crippen molar-refractivity contribution >= 4 is 11.9 Å². The molecule has 0 saturated carbocycles. The number of rotatable bonds is 5. The average Bonchev–Trinajstić information content (AvgIpc) is 3.22. The smallest absolute Gasteiger partial charge is 0.204 e. The number of hydrogen-bond acceptors (Lipinski definition) is 6. The van der Waals surface area contributed by atoms with Gasteiger partial charge in [0.25, 0.3) is 0 Å². The molecule has 148 valence electrons. The van der Waals surface area contributed by atoms with Crippen LogP contribution in [0.4, 0.5) is 5.95 Å². The van der Waals surface area contributed by atoms with Crippen LogP contribution in [0.5, 0.6) is 0 Å². The summed E-state index contributed by atoms with van der Waals surface area (Å²) in [7, 11) is 7.87. The highest BCUT2D eigenvalue weighted by molar-refractivity contribution is 5.80. The van der Waals surface area contributed by atoms with Crippen LogP contribution in [0.2, 0.25) is 0 Å². The fourth-order valence-electron chi connectivity index (χ4n) is 3.35. The topological polar surface area (TPSA) is 78.0 Å². The zero-order chi connectivity index (χ0) is 19.4. The third-order valence-corrected chi connectivity index (χ3v) is 4.83. The first kappa shape index (κ1) is 19.2. The Balaban J connectivity index is 1.50. The van der Waals surface area contributed by atoms with Gasteiger partial charge in [0.05, 0.1) is 24.1 Å². The first-order chi connectivity index (χ1) is 13.0. The Labute approximate surface area is 160 Å². The second-order valence-corrected chi connectivity index (χ2v) is 7.10. The van der Waals surface area contributed by atoms with E-state index in [1.54, 1.807) is 0 Å². The van der Waals surface area contributed by atoms with Crippen LogP contribution in [-0.4, -0.2) is 77.8 Å². The summed E-state index contributed by atoms with van der Waals surface area (Å²) >= 11 is 0. The molecule has 0 radical (unpaired) electrons. The Morgan fingerprint density at radius 1 is 1.30 bits per heavy atom. The summed E-state index contributed by atoms with van der Waals surface area (Å²) in [6.45, 7) is 7.28. The third kappa shape index (κ3) is 4.60. The van der Waals surface area contributed by atoms with E-state index in [9.17, 15) is 0 Å². The van der Waals surface area contributed by atoms with Gasteiger partial charge in [-0.25, -0.2) is 4.98 Å². The summed E-state index contributed by atoms with van der Waals surface area (Å²) in [6, 6.07) is 2.00. The molecule has 3 rings (SSSR count). The van der Waals surface area contributed by atoms with Gasteiger partial charge in [-0.15, -0.1) is 0 Å². The molecule has 9 nitrogen and oxygen atoms in total. The third-order valence-electron chi connectivity index (χ3n) is 4.83. The van der Waals surface area contributed by atoms with E-state index in [1.807, 2.05) is 52.3 Å². The molecule has 3 heterocycles. The van der Waals surface area contributed by atoms with E-state index in [0.717, 1.165) is 61.8 Å². The number of hydrogen-bond donors (Lipinski definition) is 1. The molecule has 27 heavy (non-hydrogen) atoms. The van der Waals surface area contributed by atoms with Crippen molar-refractivity contribution in [2.24, 2.45) is 12.0 Å². The minimum absolute atomic E-state index is 0.697. The van der Waals surface area contributed by atoms with E-state index in [2.05, 4.69) is 34.8 Å². The first-order valence-electron chi connectivity index (χ1n) is 9.26. The summed E-state index contributed by atoms with van der Waals surface area (Å²) in [4.78, 5) is 15.6. The Bertz CT molecular complexity index is 770. The van der Waals surface area contributed by atoms with Gasteiger partial charge in [-0.2, -0.15) is 0 Å². The first-order valence-corrected chi connectivity index (χ1v) is 9.26. The number of nitrogens with one attached hydrogen (secondary N) is 1. The molecule has 0 aromatic carbocycles. The molecule has 2 aromatic rings. The van der Waals surface area contributed by atoms with Crippen LogP contribution in [0.25, 0.3) is 0 Å². The van der Waals surface area contributed by atoms with Crippen molar-refractivity contribution in [1.29, 1.82) is 0 Å². The Morgan fingerprint density at radius 2 is 2.04 bits per heavy atom. The summed E-state index contributed by atoms with van der Waals surface area (Å²) in [5, 5.41) is 7.55. The Morgan fingerprint density at radius 3 is 2.59 bits per heavy atom. The van der Waals surface area contributed by atoms with E-state index in [4.69, 9.17) is 4.52 Å². The maximum atomic E-state index is 5.16. The molecular weight excluding hydrogens is 344 g/mol. The summed E-state index contributed by atoms with van der Waals surface area (Å²) in [5.74, 6) is 2.74. The number of piperazine rings is 1. The van der Waals surface area contributed by atoms with Crippen LogP contribution in [0.3, 0.4) is 0 Å². The van der Waals surface area contributed by atoms with E-state index < -0.39 is 0 Å². The number of aliphatic imine (C=N–C) groups is 1. The van der Waals surface area contributed by atoms with E-state index in [-0.39, 0.29) is 0 Å². The largest absolute Gasteiger partial charge is 0.361 e. The molecule has 1 N–H and O–H groups in total. The van der Waals surface area contributed by atoms with Crippen LogP contribution < -0.4 is 10.2 Å². The zero-order valence-corrected chi connectivity index (χ0v) is 16.9. The normalized spacial score (nSPS) is 16.0. The van der Waals surface area contributed by atoms with Crippen molar-refractivity contribution in [1.82, 2.24) is 29.8 Å². The lowest BCUT2D eigenvalue weighted by Crippen LogP contribution is -2.52. The van der Waals surface area contributed by atoms with Crippen LogP contribution in [-0.2, 0) is 20.1 Å². The second kappa shape index (κ2) is 8.43. The highest BCUT2D eigenvalue weighted by Crippen LogP contribution is 2.12. The van der Waals surface area contributed by atoms with E-state index in [1.165, 1.54) is 0 Å². The predicted octanol–water partition coefficient (Wildman–Crippen LogP) is 0.676. The Kier molecular flexibility index (Phi) is 6.00. The monoisotopic (exact) mass is 374 g/mol. The highest BCUT2D eigenvalue weighted by Gasteiger charge is 2.20. The van der Waals surface area contributed by atoms with Gasteiger partial charge in [0, 0.05) is 67.0 Å². The predicted molar refractivity (Wildman–Crippen MR) is 106 cm³/mol. The minimum Gasteiger partial charge on any atom is -0.361 e. The zero-order valence-electron chi connectivity index (χ0n) is 16.9. The molecular formula is C18H30N8O. The number of imidazole rings is 1. The highest BCUT2D eigenvalue weighted by atomic mass is 16.5. The van der Waals surface area contributed by atoms with Crippen molar-refractivity contribution in [3.05, 3.63) is 29.4 Å². The standard InChI is InChI=1S/C18H30N8O/c1-14-10-15(22-27-14)13-25-6-8-26(9-7-25)17(19-2)20-11-16-12-21-18(23(3)4)24(16)5/h10,12H,6-9,11,13H2,1-5H3,(H,19,20). The van der Waals surface area contributed by atoms with Gasteiger partial charge in [-0.05, 0) is 6.92 Å². The Hall–Kier alpha value is -2.55. The lowest BCUT2D eigenvalue weighted by atomic mass is 10.3. The van der Waals surface area contributed by atoms with Crippen LogP contribution in [0.15, 0.2) is 21.8 Å². The molecule has 0 atom stereocenters. The van der Waals surface area contributed by atoms with E-state index >= 15 is 0 Å². The molecule has 0 aliphatic carbocycles. The van der Waals surface area contributed by atoms with Crippen LogP contribution >= 0.6 is 0 Å². The molecule has 0 bridgehead atoms. The van der Waals surface area contributed by atoms with Gasteiger partial charge in [0.2, 0.25) is 5.95 Å². The fraction of sp³-hybridized carbons (Fsp3) is 0.611. The van der Waals surface area contributed by atoms with Crippen LogP contribution in [0, 0.1) is 6.92 Å². The van der Waals surface area contributed by atoms with Gasteiger partial charge in [-0.1, -0.05) is 5.16 Å². The lowest BCUT2D eigenvalue weighted by Gasteiger charge is -2.36. The van der Waals surface area contributed by atoms with E-state index in [0.29, 0.717) is 6.54 Å². The molecule has 1 aliphatic heterocycles. The average molecular weight is 374 g/mol. The maximum absolute atomic E-state index is 5.16. The van der Waals surface area contributed by atoms with Crippen molar-refractivity contribution in [3.63, 3.8) is 0 Å². The number of aromatic nitrogens is 3. The maximum Gasteiger partial charge on any atom is 0.204 e. The van der Waals surface area contributed by atoms with Crippen molar-refractivity contribution in [2.45, 2.75) is 20.0 Å².